The zero-order chi connectivity index (χ0) is 9.73. The standard InChI is InChI=1S/C11H20OSi/c1-4-13(5-2,6-3)12-11-9-7-8-10-11/h7,9-10H,4-6,8H2,1-3H3. The second kappa shape index (κ2) is 4.65. The van der Waals surface area contributed by atoms with Crippen LogP contribution in [0, 0.1) is 0 Å². The van der Waals surface area contributed by atoms with Gasteiger partial charge in [0.25, 0.3) is 0 Å². The largest absolute Gasteiger partial charge is 0.544 e. The molecule has 13 heavy (non-hydrogen) atoms. The Balaban J connectivity index is 2.60. The smallest absolute Gasteiger partial charge is 0.250 e. The fraction of sp³-hybridized carbons (Fsp3) is 0.636. The fourth-order valence-corrected chi connectivity index (χ4v) is 4.31. The van der Waals surface area contributed by atoms with E-state index >= 15 is 0 Å². The summed E-state index contributed by atoms with van der Waals surface area (Å²) < 4.78 is 6.16. The summed E-state index contributed by atoms with van der Waals surface area (Å²) in [5.41, 5.74) is 0. The second-order valence-corrected chi connectivity index (χ2v) is 8.28. The van der Waals surface area contributed by atoms with Gasteiger partial charge in [0, 0.05) is 0 Å². The lowest BCUT2D eigenvalue weighted by molar-refractivity contribution is 0.423. The summed E-state index contributed by atoms with van der Waals surface area (Å²) in [6, 6.07) is 3.68. The molecule has 0 aromatic heterocycles. The quantitative estimate of drug-likeness (QED) is 0.607. The molecule has 0 spiro atoms. The molecule has 0 radical (unpaired) electrons. The van der Waals surface area contributed by atoms with E-state index in [1.807, 2.05) is 0 Å². The summed E-state index contributed by atoms with van der Waals surface area (Å²) >= 11 is 0. The maximum Gasteiger partial charge on any atom is 0.250 e. The van der Waals surface area contributed by atoms with Crippen LogP contribution in [0.15, 0.2) is 24.0 Å². The number of allylic oxidation sites excluding steroid dienone is 3. The minimum Gasteiger partial charge on any atom is -0.544 e. The molecule has 0 heterocycles. The van der Waals surface area contributed by atoms with Gasteiger partial charge in [0.2, 0.25) is 8.32 Å². The molecule has 0 N–H and O–H groups in total. The molecule has 2 heteroatoms. The maximum absolute atomic E-state index is 6.16. The molecule has 0 aliphatic heterocycles. The molecule has 1 nitrogen and oxygen atoms in total. The highest BCUT2D eigenvalue weighted by atomic mass is 28.4. The number of hydrogen-bond acceptors (Lipinski definition) is 1. The van der Waals surface area contributed by atoms with E-state index in [2.05, 4.69) is 39.0 Å². The first-order valence-corrected chi connectivity index (χ1v) is 7.85. The molecule has 0 bridgehead atoms. The maximum atomic E-state index is 6.16. The third-order valence-electron chi connectivity index (χ3n) is 3.00. The molecule has 1 aliphatic rings. The van der Waals surface area contributed by atoms with Crippen molar-refractivity contribution in [3.63, 3.8) is 0 Å². The van der Waals surface area contributed by atoms with Crippen LogP contribution in [0.2, 0.25) is 18.1 Å². The first-order valence-electron chi connectivity index (χ1n) is 5.32. The van der Waals surface area contributed by atoms with Crippen LogP contribution in [0.3, 0.4) is 0 Å². The summed E-state index contributed by atoms with van der Waals surface area (Å²) in [4.78, 5) is 0. The van der Waals surface area contributed by atoms with Crippen molar-refractivity contribution in [1.29, 1.82) is 0 Å². The SMILES string of the molecule is CC[Si](CC)(CC)OC1=CCC=C1. The van der Waals surface area contributed by atoms with E-state index in [0.717, 1.165) is 12.2 Å². The molecule has 0 aromatic rings. The van der Waals surface area contributed by atoms with Gasteiger partial charge in [-0.2, -0.15) is 0 Å². The van der Waals surface area contributed by atoms with Gasteiger partial charge in [-0.25, -0.2) is 0 Å². The average Bonchev–Trinajstić information content (AvgIpc) is 2.67. The van der Waals surface area contributed by atoms with Gasteiger partial charge in [0.15, 0.2) is 0 Å². The molecule has 0 saturated carbocycles. The van der Waals surface area contributed by atoms with Crippen LogP contribution in [0.5, 0.6) is 0 Å². The predicted molar refractivity (Wildman–Crippen MR) is 60.1 cm³/mol. The van der Waals surface area contributed by atoms with Crippen molar-refractivity contribution < 1.29 is 4.43 Å². The van der Waals surface area contributed by atoms with E-state index in [-0.39, 0.29) is 0 Å². The monoisotopic (exact) mass is 196 g/mol. The van der Waals surface area contributed by atoms with Crippen LogP contribution in [-0.4, -0.2) is 8.32 Å². The van der Waals surface area contributed by atoms with E-state index < -0.39 is 8.32 Å². The number of rotatable bonds is 5. The lowest BCUT2D eigenvalue weighted by atomic mass is 10.5. The minimum atomic E-state index is -1.40. The fourth-order valence-electron chi connectivity index (χ4n) is 1.73. The Morgan fingerprint density at radius 3 is 2.23 bits per heavy atom. The van der Waals surface area contributed by atoms with Crippen LogP contribution in [0.4, 0.5) is 0 Å². The second-order valence-electron chi connectivity index (χ2n) is 3.59. The molecule has 0 atom stereocenters. The third-order valence-corrected chi connectivity index (χ3v) is 7.54. The molecule has 74 valence electrons. The molecule has 0 amide bonds. The Bertz CT molecular complexity index is 206. The molecule has 0 saturated heterocycles. The minimum absolute atomic E-state index is 1.05. The van der Waals surface area contributed by atoms with Gasteiger partial charge < -0.3 is 4.43 Å². The highest BCUT2D eigenvalue weighted by Crippen LogP contribution is 2.26. The van der Waals surface area contributed by atoms with Crippen LogP contribution in [0.1, 0.15) is 27.2 Å². The first kappa shape index (κ1) is 10.6. The van der Waals surface area contributed by atoms with Crippen LogP contribution < -0.4 is 0 Å². The summed E-state index contributed by atoms with van der Waals surface area (Å²) in [5.74, 6) is 1.12. The third kappa shape index (κ3) is 2.47. The molecular formula is C11H20OSi. The predicted octanol–water partition coefficient (Wildman–Crippen LogP) is 3.85. The zero-order valence-electron chi connectivity index (χ0n) is 8.97. The van der Waals surface area contributed by atoms with E-state index in [1.54, 1.807) is 0 Å². The Kier molecular flexibility index (Phi) is 3.79. The van der Waals surface area contributed by atoms with Gasteiger partial charge in [0.05, 0.1) is 5.76 Å². The van der Waals surface area contributed by atoms with Gasteiger partial charge in [-0.1, -0.05) is 26.8 Å². The Morgan fingerprint density at radius 2 is 1.85 bits per heavy atom. The van der Waals surface area contributed by atoms with Crippen molar-refractivity contribution in [1.82, 2.24) is 0 Å². The van der Waals surface area contributed by atoms with Gasteiger partial charge in [-0.05, 0) is 36.7 Å². The zero-order valence-corrected chi connectivity index (χ0v) is 9.97. The number of hydrogen-bond donors (Lipinski definition) is 0. The van der Waals surface area contributed by atoms with E-state index in [4.69, 9.17) is 4.43 Å². The Labute approximate surface area is 82.6 Å². The van der Waals surface area contributed by atoms with Crippen molar-refractivity contribution in [3.05, 3.63) is 24.0 Å². The summed E-state index contributed by atoms with van der Waals surface area (Å²) in [6.45, 7) is 6.79. The van der Waals surface area contributed by atoms with Crippen molar-refractivity contribution in [2.45, 2.75) is 45.3 Å². The van der Waals surface area contributed by atoms with Crippen LogP contribution >= 0.6 is 0 Å². The van der Waals surface area contributed by atoms with Gasteiger partial charge in [-0.15, -0.1) is 0 Å². The van der Waals surface area contributed by atoms with Gasteiger partial charge in [0.1, 0.15) is 0 Å². The van der Waals surface area contributed by atoms with E-state index in [1.165, 1.54) is 18.1 Å². The highest BCUT2D eigenvalue weighted by Gasteiger charge is 2.31. The summed E-state index contributed by atoms with van der Waals surface area (Å²) in [5, 5.41) is 0. The molecule has 0 aromatic carbocycles. The molecule has 0 unspecified atom stereocenters. The molecule has 0 fully saturated rings. The van der Waals surface area contributed by atoms with Crippen molar-refractivity contribution in [2.24, 2.45) is 0 Å². The van der Waals surface area contributed by atoms with Crippen LogP contribution in [-0.2, 0) is 4.43 Å². The Hall–Kier alpha value is -0.503. The van der Waals surface area contributed by atoms with Crippen LogP contribution in [0.25, 0.3) is 0 Å². The van der Waals surface area contributed by atoms with E-state index in [9.17, 15) is 0 Å². The molecular weight excluding hydrogens is 176 g/mol. The van der Waals surface area contributed by atoms with Crippen molar-refractivity contribution >= 4 is 8.32 Å². The highest BCUT2D eigenvalue weighted by molar-refractivity contribution is 6.73. The van der Waals surface area contributed by atoms with Gasteiger partial charge >= 0.3 is 0 Å². The molecule has 1 aliphatic carbocycles. The van der Waals surface area contributed by atoms with Gasteiger partial charge in [-0.3, -0.25) is 0 Å². The molecule has 1 rings (SSSR count). The van der Waals surface area contributed by atoms with Crippen molar-refractivity contribution in [2.75, 3.05) is 0 Å². The summed E-state index contributed by atoms with van der Waals surface area (Å²) in [7, 11) is -1.40. The summed E-state index contributed by atoms with van der Waals surface area (Å²) in [6.07, 6.45) is 7.51. The van der Waals surface area contributed by atoms with Crippen molar-refractivity contribution in [3.8, 4) is 0 Å². The Morgan fingerprint density at radius 1 is 1.23 bits per heavy atom. The normalized spacial score (nSPS) is 16.1. The van der Waals surface area contributed by atoms with E-state index in [0.29, 0.717) is 0 Å². The topological polar surface area (TPSA) is 9.23 Å². The lowest BCUT2D eigenvalue weighted by Crippen LogP contribution is -2.34. The average molecular weight is 196 g/mol. The first-order chi connectivity index (χ1) is 6.26. The lowest BCUT2D eigenvalue weighted by Gasteiger charge is -2.29.